The summed E-state index contributed by atoms with van der Waals surface area (Å²) in [6.07, 6.45) is 1.72. The van der Waals surface area contributed by atoms with Crippen molar-refractivity contribution in [3.05, 3.63) is 75.2 Å². The first-order valence-electron chi connectivity index (χ1n) is 6.87. The van der Waals surface area contributed by atoms with Crippen LogP contribution in [0.1, 0.15) is 11.4 Å². The summed E-state index contributed by atoms with van der Waals surface area (Å²) in [5.41, 5.74) is 0.950. The third-order valence-electron chi connectivity index (χ3n) is 3.05. The van der Waals surface area contributed by atoms with Crippen molar-refractivity contribution in [2.45, 2.75) is 6.61 Å². The van der Waals surface area contributed by atoms with Gasteiger partial charge in [0.25, 0.3) is 0 Å². The van der Waals surface area contributed by atoms with Crippen LogP contribution in [0.15, 0.2) is 64.2 Å². The molecule has 1 heterocycles. The fraction of sp³-hybridized carbons (Fsp3) is 0.0625. The molecular weight excluding hydrogens is 376 g/mol. The zero-order valence-electron chi connectivity index (χ0n) is 12.0. The number of nitrogens with one attached hydrogen (secondary N) is 1. The first-order valence-corrected chi connectivity index (χ1v) is 8.07. The fourth-order valence-electron chi connectivity index (χ4n) is 1.90. The molecule has 0 unspecified atom stereocenters. The molecule has 0 aliphatic carbocycles. The summed E-state index contributed by atoms with van der Waals surface area (Å²) in [6.45, 7) is 0.268. The molecule has 23 heavy (non-hydrogen) atoms. The molecule has 0 amide bonds. The van der Waals surface area contributed by atoms with Crippen molar-refractivity contribution < 1.29 is 4.74 Å². The van der Waals surface area contributed by atoms with Gasteiger partial charge in [-0.05, 0) is 30.4 Å². The Bertz CT molecular complexity index is 873. The van der Waals surface area contributed by atoms with Crippen LogP contribution in [0.3, 0.4) is 0 Å². The lowest BCUT2D eigenvalue weighted by Crippen LogP contribution is -2.04. The fourth-order valence-corrected chi connectivity index (χ4v) is 2.49. The van der Waals surface area contributed by atoms with E-state index in [1.807, 2.05) is 54.6 Å². The Morgan fingerprint density at radius 1 is 1.17 bits per heavy atom. The standard InChI is InChI=1S/C16H13BrN4OS/c17-14-9-5-4-6-12(14)10-18-21-15(19-20-16(21)23)11-22-13-7-2-1-3-8-13/h1-10H,11H2,(H,20,23). The van der Waals surface area contributed by atoms with Gasteiger partial charge in [0, 0.05) is 10.0 Å². The molecule has 5 nitrogen and oxygen atoms in total. The van der Waals surface area contributed by atoms with Crippen molar-refractivity contribution in [3.8, 4) is 5.75 Å². The zero-order chi connectivity index (χ0) is 16.1. The molecule has 0 aliphatic rings. The number of H-pyrrole nitrogens is 1. The number of aromatic amines is 1. The number of aromatic nitrogens is 3. The third kappa shape index (κ3) is 3.94. The average Bonchev–Trinajstić information content (AvgIpc) is 2.93. The Hall–Kier alpha value is -2.25. The van der Waals surface area contributed by atoms with E-state index >= 15 is 0 Å². The van der Waals surface area contributed by atoms with Crippen molar-refractivity contribution in [2.24, 2.45) is 5.10 Å². The minimum atomic E-state index is 0.268. The number of benzene rings is 2. The van der Waals surface area contributed by atoms with E-state index in [-0.39, 0.29) is 6.61 Å². The molecule has 0 atom stereocenters. The monoisotopic (exact) mass is 388 g/mol. The van der Waals surface area contributed by atoms with Crippen molar-refractivity contribution in [2.75, 3.05) is 0 Å². The maximum absolute atomic E-state index is 5.69. The highest BCUT2D eigenvalue weighted by molar-refractivity contribution is 9.10. The van der Waals surface area contributed by atoms with Crippen molar-refractivity contribution in [1.82, 2.24) is 14.9 Å². The lowest BCUT2D eigenvalue weighted by atomic mass is 10.2. The Kier molecular flexibility index (Phi) is 4.99. The minimum absolute atomic E-state index is 0.268. The quantitative estimate of drug-likeness (QED) is 0.527. The normalized spacial score (nSPS) is 11.0. The van der Waals surface area contributed by atoms with Crippen LogP contribution in [-0.4, -0.2) is 21.1 Å². The molecule has 3 aromatic rings. The molecular formula is C16H13BrN4OS. The molecule has 3 rings (SSSR count). The summed E-state index contributed by atoms with van der Waals surface area (Å²) in [5, 5.41) is 11.3. The number of nitrogens with zero attached hydrogens (tertiary/aromatic N) is 3. The first-order chi connectivity index (χ1) is 11.2. The Morgan fingerprint density at radius 3 is 2.70 bits per heavy atom. The van der Waals surface area contributed by atoms with Gasteiger partial charge in [-0.15, -0.1) is 0 Å². The topological polar surface area (TPSA) is 55.2 Å². The highest BCUT2D eigenvalue weighted by atomic mass is 79.9. The largest absolute Gasteiger partial charge is 0.486 e. The first kappa shape index (κ1) is 15.6. The third-order valence-corrected chi connectivity index (χ3v) is 4.03. The summed E-state index contributed by atoms with van der Waals surface area (Å²) in [6, 6.07) is 17.3. The van der Waals surface area contributed by atoms with Gasteiger partial charge >= 0.3 is 0 Å². The molecule has 0 saturated carbocycles. The molecule has 0 radical (unpaired) electrons. The Labute approximate surface area is 146 Å². The van der Waals surface area contributed by atoms with Crippen LogP contribution in [-0.2, 0) is 6.61 Å². The second kappa shape index (κ2) is 7.34. The van der Waals surface area contributed by atoms with E-state index in [9.17, 15) is 0 Å². The summed E-state index contributed by atoms with van der Waals surface area (Å²) in [7, 11) is 0. The predicted molar refractivity (Wildman–Crippen MR) is 95.3 cm³/mol. The lowest BCUT2D eigenvalue weighted by molar-refractivity contribution is 0.290. The number of hydrogen-bond donors (Lipinski definition) is 1. The summed E-state index contributed by atoms with van der Waals surface area (Å²) in [4.78, 5) is 0. The van der Waals surface area contributed by atoms with Crippen LogP contribution in [0.2, 0.25) is 0 Å². The Morgan fingerprint density at radius 2 is 1.91 bits per heavy atom. The molecule has 0 aliphatic heterocycles. The average molecular weight is 389 g/mol. The van der Waals surface area contributed by atoms with Gasteiger partial charge in [0.1, 0.15) is 12.4 Å². The van der Waals surface area contributed by atoms with Crippen LogP contribution in [0.25, 0.3) is 0 Å². The van der Waals surface area contributed by atoms with Crippen LogP contribution in [0, 0.1) is 4.77 Å². The van der Waals surface area contributed by atoms with E-state index in [0.29, 0.717) is 10.6 Å². The number of rotatable bonds is 5. The maximum atomic E-state index is 5.69. The smallest absolute Gasteiger partial charge is 0.216 e. The highest BCUT2D eigenvalue weighted by Gasteiger charge is 2.06. The molecule has 7 heteroatoms. The summed E-state index contributed by atoms with van der Waals surface area (Å²) in [5.74, 6) is 1.37. The molecule has 1 N–H and O–H groups in total. The van der Waals surface area contributed by atoms with Crippen LogP contribution >= 0.6 is 28.1 Å². The van der Waals surface area contributed by atoms with Gasteiger partial charge in [0.15, 0.2) is 5.82 Å². The SMILES string of the molecule is S=c1[nH]nc(COc2ccccc2)n1N=Cc1ccccc1Br. The van der Waals surface area contributed by atoms with Crippen LogP contribution < -0.4 is 4.74 Å². The zero-order valence-corrected chi connectivity index (χ0v) is 14.4. The lowest BCUT2D eigenvalue weighted by Gasteiger charge is -2.05. The number of halogens is 1. The van der Waals surface area contributed by atoms with E-state index in [0.717, 1.165) is 15.8 Å². The van der Waals surface area contributed by atoms with Crippen LogP contribution in [0.5, 0.6) is 5.75 Å². The molecule has 0 fully saturated rings. The second-order valence-electron chi connectivity index (χ2n) is 4.62. The molecule has 2 aromatic carbocycles. The van der Waals surface area contributed by atoms with Crippen molar-refractivity contribution in [3.63, 3.8) is 0 Å². The van der Waals surface area contributed by atoms with Gasteiger partial charge in [-0.2, -0.15) is 14.9 Å². The van der Waals surface area contributed by atoms with Crippen LogP contribution in [0.4, 0.5) is 0 Å². The van der Waals surface area contributed by atoms with Gasteiger partial charge in [0.2, 0.25) is 4.77 Å². The van der Waals surface area contributed by atoms with Crippen molar-refractivity contribution in [1.29, 1.82) is 0 Å². The van der Waals surface area contributed by atoms with E-state index in [4.69, 9.17) is 17.0 Å². The minimum Gasteiger partial charge on any atom is -0.486 e. The van der Waals surface area contributed by atoms with Gasteiger partial charge in [0.05, 0.1) is 6.21 Å². The molecule has 0 bridgehead atoms. The number of hydrogen-bond acceptors (Lipinski definition) is 4. The van der Waals surface area contributed by atoms with E-state index in [1.165, 1.54) is 0 Å². The number of ether oxygens (including phenoxy) is 1. The van der Waals surface area contributed by atoms with Gasteiger partial charge < -0.3 is 4.74 Å². The molecule has 1 aromatic heterocycles. The van der Waals surface area contributed by atoms with Crippen molar-refractivity contribution >= 4 is 34.4 Å². The van der Waals surface area contributed by atoms with E-state index < -0.39 is 0 Å². The molecule has 0 spiro atoms. The van der Waals surface area contributed by atoms with Gasteiger partial charge in [-0.25, -0.2) is 5.10 Å². The van der Waals surface area contributed by atoms with Gasteiger partial charge in [-0.1, -0.05) is 52.3 Å². The highest BCUT2D eigenvalue weighted by Crippen LogP contribution is 2.14. The second-order valence-corrected chi connectivity index (χ2v) is 5.87. The predicted octanol–water partition coefficient (Wildman–Crippen LogP) is 4.16. The Balaban J connectivity index is 1.79. The summed E-state index contributed by atoms with van der Waals surface area (Å²) < 4.78 is 8.62. The van der Waals surface area contributed by atoms with Gasteiger partial charge in [-0.3, -0.25) is 0 Å². The van der Waals surface area contributed by atoms with E-state index in [2.05, 4.69) is 31.2 Å². The number of para-hydroxylation sites is 1. The summed E-state index contributed by atoms with van der Waals surface area (Å²) >= 11 is 8.70. The van der Waals surface area contributed by atoms with E-state index in [1.54, 1.807) is 10.9 Å². The maximum Gasteiger partial charge on any atom is 0.216 e. The molecule has 116 valence electrons. The molecule has 0 saturated heterocycles.